The Morgan fingerprint density at radius 3 is 2.46 bits per heavy atom. The van der Waals surface area contributed by atoms with E-state index in [1.807, 2.05) is 55.5 Å². The molecule has 1 fully saturated rings. The summed E-state index contributed by atoms with van der Waals surface area (Å²) in [5.74, 6) is 1.29. The van der Waals surface area contributed by atoms with Gasteiger partial charge in [0, 0.05) is 26.1 Å². The first kappa shape index (κ1) is 27.0. The van der Waals surface area contributed by atoms with Crippen LogP contribution in [0.5, 0.6) is 11.5 Å². The number of piperidine rings is 1. The first-order valence-electron chi connectivity index (χ1n) is 13.1. The second-order valence-electron chi connectivity index (χ2n) is 10.1. The lowest BCUT2D eigenvalue weighted by molar-refractivity contribution is -0.136. The van der Waals surface area contributed by atoms with Crippen molar-refractivity contribution >= 4 is 28.1 Å². The largest absolute Gasteiger partial charge is 0.486 e. The molecule has 2 aromatic carbocycles. The topological polar surface area (TPSA) is 102 Å². The number of hydrogen-bond acceptors (Lipinski definition) is 7. The number of aryl methyl sites for hydroxylation is 2. The van der Waals surface area contributed by atoms with Crippen molar-refractivity contribution in [1.82, 2.24) is 14.4 Å². The predicted molar refractivity (Wildman–Crippen MR) is 147 cm³/mol. The molecule has 0 spiro atoms. The minimum atomic E-state index is -3.85. The van der Waals surface area contributed by atoms with Crippen molar-refractivity contribution in [2.24, 2.45) is 5.92 Å². The van der Waals surface area contributed by atoms with Crippen LogP contribution >= 0.6 is 0 Å². The molecule has 3 aromatic rings. The zero-order chi connectivity index (χ0) is 27.6. The van der Waals surface area contributed by atoms with Crippen molar-refractivity contribution in [3.05, 3.63) is 71.1 Å². The molecule has 0 N–H and O–H groups in total. The lowest BCUT2D eigenvalue weighted by atomic mass is 9.96. The summed E-state index contributed by atoms with van der Waals surface area (Å²) in [6.07, 6.45) is 4.05. The highest BCUT2D eigenvalue weighted by molar-refractivity contribution is 7.89. The van der Waals surface area contributed by atoms with Gasteiger partial charge in [0.25, 0.3) is 0 Å². The number of aromatic nitrogens is 1. The molecule has 1 unspecified atom stereocenters. The third kappa shape index (κ3) is 5.86. The van der Waals surface area contributed by atoms with Crippen molar-refractivity contribution in [2.75, 3.05) is 33.3 Å². The Morgan fingerprint density at radius 1 is 1.05 bits per heavy atom. The Morgan fingerprint density at radius 2 is 1.74 bits per heavy atom. The normalized spacial score (nSPS) is 18.4. The molecule has 206 valence electrons. The SMILES string of the molecule is Cc1ccc(/C=C/c2onc(C)c2S(=O)(=O)N2CCC(C(=O)N(C)CC3COc4ccccc4O3)CC2)cc1. The fraction of sp³-hybridized carbons (Fsp3) is 0.379. The number of carbonyl (C=O) groups excluding carboxylic acids is 1. The summed E-state index contributed by atoms with van der Waals surface area (Å²) in [5, 5.41) is 3.93. The maximum absolute atomic E-state index is 13.6. The van der Waals surface area contributed by atoms with E-state index in [1.54, 1.807) is 31.0 Å². The molecule has 2 aliphatic heterocycles. The molecule has 1 atom stereocenters. The number of amides is 1. The molecule has 0 aliphatic carbocycles. The maximum Gasteiger partial charge on any atom is 0.248 e. The third-order valence-corrected chi connectivity index (χ3v) is 9.22. The van der Waals surface area contributed by atoms with Gasteiger partial charge >= 0.3 is 0 Å². The highest BCUT2D eigenvalue weighted by atomic mass is 32.2. The smallest absolute Gasteiger partial charge is 0.248 e. The molecule has 3 heterocycles. The lowest BCUT2D eigenvalue weighted by Gasteiger charge is -2.34. The fourth-order valence-corrected chi connectivity index (χ4v) is 6.70. The van der Waals surface area contributed by atoms with Crippen LogP contribution in [0.4, 0.5) is 0 Å². The van der Waals surface area contributed by atoms with Gasteiger partial charge in [-0.1, -0.05) is 53.2 Å². The monoisotopic (exact) mass is 551 g/mol. The van der Waals surface area contributed by atoms with E-state index < -0.39 is 10.0 Å². The van der Waals surface area contributed by atoms with E-state index in [9.17, 15) is 13.2 Å². The van der Waals surface area contributed by atoms with Gasteiger partial charge in [0.05, 0.1) is 6.54 Å². The van der Waals surface area contributed by atoms with Crippen LogP contribution in [0.2, 0.25) is 0 Å². The van der Waals surface area contributed by atoms with Crippen LogP contribution in [-0.2, 0) is 14.8 Å². The highest BCUT2D eigenvalue weighted by Crippen LogP contribution is 2.32. The van der Waals surface area contributed by atoms with Gasteiger partial charge in [-0.15, -0.1) is 0 Å². The number of sulfonamides is 1. The first-order valence-corrected chi connectivity index (χ1v) is 14.5. The van der Waals surface area contributed by atoms with Crippen molar-refractivity contribution in [3.63, 3.8) is 0 Å². The van der Waals surface area contributed by atoms with Gasteiger partial charge in [-0.25, -0.2) is 8.42 Å². The minimum Gasteiger partial charge on any atom is -0.486 e. The minimum absolute atomic E-state index is 0.0163. The molecule has 2 aliphatic rings. The molecule has 1 saturated heterocycles. The number of ether oxygens (including phenoxy) is 2. The van der Waals surface area contributed by atoms with Crippen LogP contribution in [0.1, 0.15) is 35.4 Å². The molecule has 10 heteroatoms. The number of hydrogen-bond donors (Lipinski definition) is 0. The Labute approximate surface area is 229 Å². The quantitative estimate of drug-likeness (QED) is 0.435. The molecule has 1 amide bonds. The second-order valence-corrected chi connectivity index (χ2v) is 12.0. The van der Waals surface area contributed by atoms with Crippen LogP contribution in [-0.4, -0.2) is 68.1 Å². The molecule has 0 bridgehead atoms. The van der Waals surface area contributed by atoms with Crippen molar-refractivity contribution in [1.29, 1.82) is 0 Å². The zero-order valence-electron chi connectivity index (χ0n) is 22.4. The molecule has 1 aromatic heterocycles. The third-order valence-electron chi connectivity index (χ3n) is 7.16. The van der Waals surface area contributed by atoms with E-state index in [0.717, 1.165) is 11.1 Å². The van der Waals surface area contributed by atoms with Gasteiger partial charge < -0.3 is 18.9 Å². The first-order chi connectivity index (χ1) is 18.7. The molecule has 5 rings (SSSR count). The zero-order valence-corrected chi connectivity index (χ0v) is 23.2. The van der Waals surface area contributed by atoms with Gasteiger partial charge in [-0.2, -0.15) is 4.31 Å². The van der Waals surface area contributed by atoms with Gasteiger partial charge in [-0.05, 0) is 50.5 Å². The van der Waals surface area contributed by atoms with Crippen LogP contribution < -0.4 is 9.47 Å². The van der Waals surface area contributed by atoms with Crippen molar-refractivity contribution < 1.29 is 27.2 Å². The molecule has 9 nitrogen and oxygen atoms in total. The maximum atomic E-state index is 13.6. The van der Waals surface area contributed by atoms with E-state index >= 15 is 0 Å². The highest BCUT2D eigenvalue weighted by Gasteiger charge is 2.37. The summed E-state index contributed by atoms with van der Waals surface area (Å²) in [6, 6.07) is 15.3. The Hall–Kier alpha value is -3.63. The van der Waals surface area contributed by atoms with E-state index in [-0.39, 0.29) is 41.7 Å². The second kappa shape index (κ2) is 11.2. The van der Waals surface area contributed by atoms with Crippen molar-refractivity contribution in [2.45, 2.75) is 37.7 Å². The van der Waals surface area contributed by atoms with Gasteiger partial charge in [-0.3, -0.25) is 4.79 Å². The Bertz CT molecular complexity index is 1460. The summed E-state index contributed by atoms with van der Waals surface area (Å²) in [4.78, 5) is 14.9. The molecule has 39 heavy (non-hydrogen) atoms. The summed E-state index contributed by atoms with van der Waals surface area (Å²) >= 11 is 0. The summed E-state index contributed by atoms with van der Waals surface area (Å²) in [7, 11) is -2.09. The molecular formula is C29H33N3O6S. The number of benzene rings is 2. The van der Waals surface area contributed by atoms with Gasteiger partial charge in [0.1, 0.15) is 12.3 Å². The van der Waals surface area contributed by atoms with Crippen LogP contribution in [0.3, 0.4) is 0 Å². The summed E-state index contributed by atoms with van der Waals surface area (Å²) in [6.45, 7) is 4.88. The van der Waals surface area contributed by atoms with E-state index in [4.69, 9.17) is 14.0 Å². The van der Waals surface area contributed by atoms with E-state index in [2.05, 4.69) is 5.16 Å². The fourth-order valence-electron chi connectivity index (χ4n) is 4.98. The molecule has 0 saturated carbocycles. The average molecular weight is 552 g/mol. The average Bonchev–Trinajstić information content (AvgIpc) is 3.33. The molecular weight excluding hydrogens is 518 g/mol. The van der Waals surface area contributed by atoms with Gasteiger partial charge in [0.2, 0.25) is 15.9 Å². The standard InChI is InChI=1S/C29H33N3O6S/c1-20-8-10-22(11-9-20)12-13-27-28(21(2)30-38-27)39(34,35)32-16-14-23(15-17-32)29(33)31(3)18-24-19-36-25-6-4-5-7-26(25)37-24/h4-13,23-24H,14-19H2,1-3H3/b13-12+. The van der Waals surface area contributed by atoms with Crippen LogP contribution in [0.15, 0.2) is 57.9 Å². The van der Waals surface area contributed by atoms with Crippen LogP contribution in [0, 0.1) is 19.8 Å². The number of nitrogens with zero attached hydrogens (tertiary/aromatic N) is 3. The summed E-state index contributed by atoms with van der Waals surface area (Å²) < 4.78 is 45.7. The predicted octanol–water partition coefficient (Wildman–Crippen LogP) is 4.16. The number of fused-ring (bicyclic) bond motifs is 1. The number of para-hydroxylation sites is 2. The Balaban J connectivity index is 1.20. The van der Waals surface area contributed by atoms with Crippen molar-refractivity contribution in [3.8, 4) is 11.5 Å². The van der Waals surface area contributed by atoms with E-state index in [0.29, 0.717) is 43.2 Å². The van der Waals surface area contributed by atoms with Gasteiger partial charge in [0.15, 0.2) is 28.3 Å². The number of carbonyl (C=O) groups is 1. The number of rotatable bonds is 7. The summed E-state index contributed by atoms with van der Waals surface area (Å²) in [5.41, 5.74) is 2.38. The van der Waals surface area contributed by atoms with E-state index in [1.165, 1.54) is 4.31 Å². The molecule has 0 radical (unpaired) electrons. The Kier molecular flexibility index (Phi) is 7.76. The number of likely N-dealkylation sites (N-methyl/N-ethyl adjacent to an activating group) is 1. The van der Waals surface area contributed by atoms with Crippen LogP contribution in [0.25, 0.3) is 12.2 Å². The lowest BCUT2D eigenvalue weighted by Crippen LogP contribution is -2.47.